The van der Waals surface area contributed by atoms with Crippen molar-refractivity contribution in [1.82, 2.24) is 0 Å². The van der Waals surface area contributed by atoms with Crippen LogP contribution in [0, 0.1) is 18.6 Å². The minimum Gasteiger partial charge on any atom is -0.326 e. The Labute approximate surface area is 123 Å². The molecule has 0 aromatic heterocycles. The van der Waals surface area contributed by atoms with Crippen molar-refractivity contribution in [3.63, 3.8) is 0 Å². The van der Waals surface area contributed by atoms with Crippen LogP contribution in [-0.2, 0) is 11.2 Å². The Morgan fingerprint density at radius 2 is 1.75 bits per heavy atom. The maximum Gasteiger partial charge on any atom is 0.229 e. The molecule has 5 heteroatoms. The predicted octanol–water partition coefficient (Wildman–Crippen LogP) is 4.22. The average molecular weight is 340 g/mol. The fraction of sp³-hybridized carbons (Fsp3) is 0.133. The van der Waals surface area contributed by atoms with Gasteiger partial charge in [-0.2, -0.15) is 0 Å². The summed E-state index contributed by atoms with van der Waals surface area (Å²) in [6.45, 7) is 1.84. The number of rotatable bonds is 3. The van der Waals surface area contributed by atoms with Gasteiger partial charge in [0.15, 0.2) is 0 Å². The monoisotopic (exact) mass is 339 g/mol. The van der Waals surface area contributed by atoms with Crippen molar-refractivity contribution in [3.05, 3.63) is 63.6 Å². The molecule has 2 rings (SSSR count). The van der Waals surface area contributed by atoms with Crippen LogP contribution < -0.4 is 5.32 Å². The summed E-state index contributed by atoms with van der Waals surface area (Å²) < 4.78 is 27.8. The van der Waals surface area contributed by atoms with Crippen LogP contribution in [-0.4, -0.2) is 5.91 Å². The van der Waals surface area contributed by atoms with E-state index < -0.39 is 17.5 Å². The Balaban J connectivity index is 2.16. The first-order valence-electron chi connectivity index (χ1n) is 5.97. The number of carbonyl (C=O) groups is 1. The van der Waals surface area contributed by atoms with E-state index in [0.717, 1.165) is 22.2 Å². The van der Waals surface area contributed by atoms with Gasteiger partial charge >= 0.3 is 0 Å². The molecular formula is C15H12BrF2NO. The quantitative estimate of drug-likeness (QED) is 0.891. The van der Waals surface area contributed by atoms with E-state index in [-0.39, 0.29) is 12.0 Å². The molecule has 0 fully saturated rings. The Kier molecular flexibility index (Phi) is 4.49. The number of carbonyl (C=O) groups excluding carboxylic acids is 1. The van der Waals surface area contributed by atoms with Gasteiger partial charge in [0.05, 0.1) is 6.42 Å². The van der Waals surface area contributed by atoms with E-state index in [1.54, 1.807) is 12.1 Å². The summed E-state index contributed by atoms with van der Waals surface area (Å²) in [7, 11) is 0. The maximum absolute atomic E-state index is 13.5. The topological polar surface area (TPSA) is 29.1 Å². The molecule has 0 saturated heterocycles. The molecule has 2 aromatic carbocycles. The van der Waals surface area contributed by atoms with Crippen LogP contribution in [0.25, 0.3) is 0 Å². The highest BCUT2D eigenvalue weighted by molar-refractivity contribution is 9.10. The number of hydrogen-bond donors (Lipinski definition) is 1. The number of amides is 1. The fourth-order valence-electron chi connectivity index (χ4n) is 1.80. The fourth-order valence-corrected chi connectivity index (χ4v) is 2.17. The van der Waals surface area contributed by atoms with Crippen molar-refractivity contribution in [2.45, 2.75) is 13.3 Å². The van der Waals surface area contributed by atoms with Crippen LogP contribution in [0.15, 0.2) is 40.9 Å². The number of benzene rings is 2. The maximum atomic E-state index is 13.5. The summed E-state index contributed by atoms with van der Waals surface area (Å²) in [6.07, 6.45) is -0.343. The molecule has 0 radical (unpaired) electrons. The molecule has 104 valence electrons. The van der Waals surface area contributed by atoms with E-state index in [1.807, 2.05) is 13.0 Å². The molecule has 0 spiro atoms. The zero-order chi connectivity index (χ0) is 14.7. The van der Waals surface area contributed by atoms with Crippen molar-refractivity contribution in [1.29, 1.82) is 0 Å². The highest BCUT2D eigenvalue weighted by Gasteiger charge is 2.14. The van der Waals surface area contributed by atoms with Gasteiger partial charge in [-0.05, 0) is 36.8 Å². The van der Waals surface area contributed by atoms with Gasteiger partial charge in [0, 0.05) is 15.7 Å². The molecule has 2 aromatic rings. The van der Waals surface area contributed by atoms with E-state index in [0.29, 0.717) is 5.69 Å². The summed E-state index contributed by atoms with van der Waals surface area (Å²) in [5, 5.41) is 2.65. The van der Waals surface area contributed by atoms with Gasteiger partial charge in [-0.3, -0.25) is 4.79 Å². The normalized spacial score (nSPS) is 10.4. The van der Waals surface area contributed by atoms with Crippen molar-refractivity contribution >= 4 is 27.5 Å². The highest BCUT2D eigenvalue weighted by Crippen LogP contribution is 2.23. The Morgan fingerprint density at radius 3 is 2.40 bits per heavy atom. The molecule has 0 unspecified atom stereocenters. The Hall–Kier alpha value is -1.75. The second-order valence-electron chi connectivity index (χ2n) is 4.34. The minimum atomic E-state index is -0.717. The molecule has 0 aliphatic heterocycles. The van der Waals surface area contributed by atoms with E-state index >= 15 is 0 Å². The summed E-state index contributed by atoms with van der Waals surface area (Å²) in [4.78, 5) is 11.9. The van der Waals surface area contributed by atoms with Gasteiger partial charge in [-0.15, -0.1) is 0 Å². The third-order valence-corrected chi connectivity index (χ3v) is 3.80. The molecule has 0 heterocycles. The predicted molar refractivity (Wildman–Crippen MR) is 77.6 cm³/mol. The van der Waals surface area contributed by atoms with Crippen LogP contribution in [0.4, 0.5) is 14.5 Å². The molecule has 2 nitrogen and oxygen atoms in total. The van der Waals surface area contributed by atoms with E-state index in [1.165, 1.54) is 6.07 Å². The van der Waals surface area contributed by atoms with Gasteiger partial charge in [-0.1, -0.05) is 28.1 Å². The molecule has 0 atom stereocenters. The third-order valence-electron chi connectivity index (χ3n) is 2.94. The summed E-state index contributed by atoms with van der Waals surface area (Å²) in [5.74, 6) is -1.90. The lowest BCUT2D eigenvalue weighted by molar-refractivity contribution is -0.115. The standard InChI is InChI=1S/C15H12BrF2NO/c1-9-11(16)4-2-7-14(9)19-15(20)8-10-12(17)5-3-6-13(10)18/h2-7H,8H2,1H3,(H,19,20). The SMILES string of the molecule is Cc1c(Br)cccc1NC(=O)Cc1c(F)cccc1F. The zero-order valence-electron chi connectivity index (χ0n) is 10.7. The number of anilines is 1. The summed E-state index contributed by atoms with van der Waals surface area (Å²) in [6, 6.07) is 8.89. The van der Waals surface area contributed by atoms with Crippen molar-refractivity contribution in [2.24, 2.45) is 0 Å². The lowest BCUT2D eigenvalue weighted by Crippen LogP contribution is -2.17. The first-order chi connectivity index (χ1) is 9.49. The molecule has 0 saturated carbocycles. The lowest BCUT2D eigenvalue weighted by atomic mass is 10.1. The summed E-state index contributed by atoms with van der Waals surface area (Å²) >= 11 is 3.35. The lowest BCUT2D eigenvalue weighted by Gasteiger charge is -2.10. The summed E-state index contributed by atoms with van der Waals surface area (Å²) in [5.41, 5.74) is 1.24. The van der Waals surface area contributed by atoms with Gasteiger partial charge in [-0.25, -0.2) is 8.78 Å². The Bertz CT molecular complexity index is 638. The number of halogens is 3. The molecule has 1 N–H and O–H groups in total. The van der Waals surface area contributed by atoms with Crippen LogP contribution in [0.2, 0.25) is 0 Å². The van der Waals surface area contributed by atoms with E-state index in [4.69, 9.17) is 0 Å². The number of nitrogens with one attached hydrogen (secondary N) is 1. The van der Waals surface area contributed by atoms with Crippen LogP contribution in [0.5, 0.6) is 0 Å². The van der Waals surface area contributed by atoms with Gasteiger partial charge < -0.3 is 5.32 Å². The smallest absolute Gasteiger partial charge is 0.229 e. The number of hydrogen-bond acceptors (Lipinski definition) is 1. The second-order valence-corrected chi connectivity index (χ2v) is 5.19. The van der Waals surface area contributed by atoms with Crippen molar-refractivity contribution in [2.75, 3.05) is 5.32 Å². The van der Waals surface area contributed by atoms with Crippen LogP contribution in [0.3, 0.4) is 0 Å². The van der Waals surface area contributed by atoms with Gasteiger partial charge in [0.25, 0.3) is 0 Å². The van der Waals surface area contributed by atoms with Gasteiger partial charge in [0.2, 0.25) is 5.91 Å². The molecule has 0 aliphatic rings. The third kappa shape index (κ3) is 3.22. The first kappa shape index (κ1) is 14.7. The van der Waals surface area contributed by atoms with Crippen molar-refractivity contribution < 1.29 is 13.6 Å². The van der Waals surface area contributed by atoms with E-state index in [9.17, 15) is 13.6 Å². The average Bonchev–Trinajstić information content (AvgIpc) is 2.39. The molecule has 0 aliphatic carbocycles. The minimum absolute atomic E-state index is 0.224. The van der Waals surface area contributed by atoms with Crippen LogP contribution >= 0.6 is 15.9 Å². The highest BCUT2D eigenvalue weighted by atomic mass is 79.9. The molecule has 0 bridgehead atoms. The molecule has 20 heavy (non-hydrogen) atoms. The Morgan fingerprint density at radius 1 is 1.15 bits per heavy atom. The second kappa shape index (κ2) is 6.13. The first-order valence-corrected chi connectivity index (χ1v) is 6.76. The molecule has 1 amide bonds. The van der Waals surface area contributed by atoms with Gasteiger partial charge in [0.1, 0.15) is 11.6 Å². The van der Waals surface area contributed by atoms with Crippen LogP contribution in [0.1, 0.15) is 11.1 Å². The largest absolute Gasteiger partial charge is 0.326 e. The zero-order valence-corrected chi connectivity index (χ0v) is 12.3. The van der Waals surface area contributed by atoms with Crippen molar-refractivity contribution in [3.8, 4) is 0 Å². The molecular weight excluding hydrogens is 328 g/mol. The van der Waals surface area contributed by atoms with E-state index in [2.05, 4.69) is 21.2 Å².